The quantitative estimate of drug-likeness (QED) is 0.767. The van der Waals surface area contributed by atoms with E-state index in [1.165, 1.54) is 11.8 Å². The molecule has 0 radical (unpaired) electrons. The Hall–Kier alpha value is -2.31. The van der Waals surface area contributed by atoms with Crippen molar-refractivity contribution in [3.8, 4) is 0 Å². The van der Waals surface area contributed by atoms with Crippen LogP contribution in [0.15, 0.2) is 53.5 Å². The fourth-order valence-electron chi connectivity index (χ4n) is 3.01. The number of halogens is 1. The molecule has 2 aromatic rings. The Morgan fingerprint density at radius 2 is 1.86 bits per heavy atom. The molecule has 144 valence electrons. The van der Waals surface area contributed by atoms with Crippen LogP contribution in [0.5, 0.6) is 0 Å². The molecule has 0 spiro atoms. The van der Waals surface area contributed by atoms with Gasteiger partial charge in [-0.3, -0.25) is 14.5 Å². The Labute approximate surface area is 173 Å². The topological polar surface area (TPSA) is 61.8 Å². The first-order valence-electron chi connectivity index (χ1n) is 9.20. The minimum Gasteiger partial charge on any atom is -0.326 e. The van der Waals surface area contributed by atoms with Gasteiger partial charge in [-0.25, -0.2) is 4.99 Å². The Kier molecular flexibility index (Phi) is 5.42. The zero-order valence-electron chi connectivity index (χ0n) is 15.4. The normalized spacial score (nSPS) is 20.6. The van der Waals surface area contributed by atoms with E-state index in [4.69, 9.17) is 11.6 Å². The van der Waals surface area contributed by atoms with E-state index in [0.717, 1.165) is 29.8 Å². The van der Waals surface area contributed by atoms with Crippen molar-refractivity contribution in [1.82, 2.24) is 4.90 Å². The molecule has 1 aliphatic heterocycles. The van der Waals surface area contributed by atoms with Gasteiger partial charge in [0.15, 0.2) is 5.17 Å². The largest absolute Gasteiger partial charge is 0.326 e. The van der Waals surface area contributed by atoms with Crippen molar-refractivity contribution in [2.75, 3.05) is 5.32 Å². The summed E-state index contributed by atoms with van der Waals surface area (Å²) in [7, 11) is 0. The fraction of sp³-hybridized carbons (Fsp3) is 0.286. The maximum Gasteiger partial charge on any atom is 0.242 e. The second-order valence-corrected chi connectivity index (χ2v) is 8.64. The lowest BCUT2D eigenvalue weighted by Crippen LogP contribution is -2.35. The minimum atomic E-state index is -0.447. The van der Waals surface area contributed by atoms with Crippen LogP contribution in [0.2, 0.25) is 5.02 Å². The molecule has 0 aromatic heterocycles. The standard InChI is InChI=1S/C21H20ClN3O2S/c1-13-2-6-15(7-3-13)23-19(26)12-18-20(27)25(17-10-11-17)21(28-18)24-16-8-4-14(22)5-9-16/h2-9,17-18H,10-12H2,1H3,(H,23,26)/t18-/m1/s1. The second-order valence-electron chi connectivity index (χ2n) is 7.04. The van der Waals surface area contributed by atoms with Crippen molar-refractivity contribution in [2.24, 2.45) is 4.99 Å². The maximum absolute atomic E-state index is 12.9. The van der Waals surface area contributed by atoms with Gasteiger partial charge < -0.3 is 5.32 Å². The van der Waals surface area contributed by atoms with Gasteiger partial charge in [0.1, 0.15) is 5.25 Å². The number of benzene rings is 2. The SMILES string of the molecule is Cc1ccc(NC(=O)C[C@H]2SC(=Nc3ccc(Cl)cc3)N(C3CC3)C2=O)cc1. The number of hydrogen-bond donors (Lipinski definition) is 1. The Morgan fingerprint density at radius 3 is 2.50 bits per heavy atom. The molecule has 0 bridgehead atoms. The number of aryl methyl sites for hydroxylation is 1. The van der Waals surface area contributed by atoms with E-state index in [-0.39, 0.29) is 24.3 Å². The van der Waals surface area contributed by atoms with Crippen molar-refractivity contribution in [3.63, 3.8) is 0 Å². The molecule has 2 fully saturated rings. The van der Waals surface area contributed by atoms with Gasteiger partial charge in [0.05, 0.1) is 5.69 Å². The minimum absolute atomic E-state index is 0.0285. The highest BCUT2D eigenvalue weighted by atomic mass is 35.5. The lowest BCUT2D eigenvalue weighted by atomic mass is 10.2. The van der Waals surface area contributed by atoms with Gasteiger partial charge in [0.25, 0.3) is 0 Å². The van der Waals surface area contributed by atoms with E-state index in [2.05, 4.69) is 10.3 Å². The number of aliphatic imine (C=N–C) groups is 1. The molecule has 2 aromatic carbocycles. The van der Waals surface area contributed by atoms with Crippen LogP contribution in [0, 0.1) is 6.92 Å². The summed E-state index contributed by atoms with van der Waals surface area (Å²) in [6.45, 7) is 1.99. The van der Waals surface area contributed by atoms with Crippen molar-refractivity contribution < 1.29 is 9.59 Å². The molecule has 1 aliphatic carbocycles. The first kappa shape index (κ1) is 19.0. The molecular formula is C21H20ClN3O2S. The van der Waals surface area contributed by atoms with E-state index >= 15 is 0 Å². The van der Waals surface area contributed by atoms with E-state index in [9.17, 15) is 9.59 Å². The fourth-order valence-corrected chi connectivity index (χ4v) is 4.35. The molecule has 1 saturated carbocycles. The first-order chi connectivity index (χ1) is 13.5. The van der Waals surface area contributed by atoms with E-state index < -0.39 is 5.25 Å². The molecule has 1 saturated heterocycles. The van der Waals surface area contributed by atoms with Gasteiger partial charge in [-0.1, -0.05) is 41.1 Å². The highest BCUT2D eigenvalue weighted by Crippen LogP contribution is 2.39. The number of amides is 2. The second kappa shape index (κ2) is 7.97. The summed E-state index contributed by atoms with van der Waals surface area (Å²) >= 11 is 7.30. The molecule has 1 atom stereocenters. The summed E-state index contributed by atoms with van der Waals surface area (Å²) < 4.78 is 0. The average Bonchev–Trinajstić information content (AvgIpc) is 3.45. The number of hydrogen-bond acceptors (Lipinski definition) is 4. The van der Waals surface area contributed by atoms with Crippen molar-refractivity contribution in [2.45, 2.75) is 37.5 Å². The van der Waals surface area contributed by atoms with Gasteiger partial charge in [-0.15, -0.1) is 0 Å². The highest BCUT2D eigenvalue weighted by Gasteiger charge is 2.46. The van der Waals surface area contributed by atoms with Gasteiger partial charge in [-0.05, 0) is 56.2 Å². The third-order valence-electron chi connectivity index (χ3n) is 4.64. The predicted octanol–water partition coefficient (Wildman–Crippen LogP) is 4.77. The van der Waals surface area contributed by atoms with Crippen LogP contribution in [-0.2, 0) is 9.59 Å². The molecule has 28 heavy (non-hydrogen) atoms. The summed E-state index contributed by atoms with van der Waals surface area (Å²) in [5.74, 6) is -0.197. The number of amidine groups is 1. The number of rotatable bonds is 5. The Bertz CT molecular complexity index is 924. The lowest BCUT2D eigenvalue weighted by molar-refractivity contribution is -0.128. The third kappa shape index (κ3) is 4.39. The number of carbonyl (C=O) groups is 2. The first-order valence-corrected chi connectivity index (χ1v) is 10.5. The van der Waals surface area contributed by atoms with Crippen LogP contribution in [0.4, 0.5) is 11.4 Å². The van der Waals surface area contributed by atoms with Gasteiger partial charge in [0.2, 0.25) is 11.8 Å². The number of nitrogens with one attached hydrogen (secondary N) is 1. The van der Waals surface area contributed by atoms with Gasteiger partial charge in [-0.2, -0.15) is 0 Å². The van der Waals surface area contributed by atoms with E-state index in [1.807, 2.05) is 43.3 Å². The molecule has 2 amide bonds. The zero-order valence-corrected chi connectivity index (χ0v) is 17.0. The Morgan fingerprint density at radius 1 is 1.18 bits per heavy atom. The molecule has 4 rings (SSSR count). The average molecular weight is 414 g/mol. The number of thioether (sulfide) groups is 1. The molecule has 1 N–H and O–H groups in total. The lowest BCUT2D eigenvalue weighted by Gasteiger charge is -2.15. The van der Waals surface area contributed by atoms with Crippen LogP contribution < -0.4 is 5.32 Å². The molecule has 1 heterocycles. The van der Waals surface area contributed by atoms with Gasteiger partial charge >= 0.3 is 0 Å². The zero-order chi connectivity index (χ0) is 19.7. The summed E-state index contributed by atoms with van der Waals surface area (Å²) in [4.78, 5) is 31.7. The Balaban J connectivity index is 1.47. The van der Waals surface area contributed by atoms with Crippen molar-refractivity contribution >= 4 is 51.7 Å². The third-order valence-corrected chi connectivity index (χ3v) is 6.04. The molecule has 0 unspecified atom stereocenters. The summed E-state index contributed by atoms with van der Waals surface area (Å²) in [6.07, 6.45) is 2.09. The summed E-state index contributed by atoms with van der Waals surface area (Å²) in [6, 6.07) is 15.0. The maximum atomic E-state index is 12.9. The highest BCUT2D eigenvalue weighted by molar-refractivity contribution is 8.15. The van der Waals surface area contributed by atoms with Crippen LogP contribution >= 0.6 is 23.4 Å². The van der Waals surface area contributed by atoms with Crippen LogP contribution in [0.25, 0.3) is 0 Å². The van der Waals surface area contributed by atoms with Crippen molar-refractivity contribution in [3.05, 3.63) is 59.1 Å². The smallest absolute Gasteiger partial charge is 0.242 e. The van der Waals surface area contributed by atoms with Gasteiger partial charge in [0, 0.05) is 23.2 Å². The number of nitrogens with zero attached hydrogens (tertiary/aromatic N) is 2. The summed E-state index contributed by atoms with van der Waals surface area (Å²) in [5.41, 5.74) is 2.61. The van der Waals surface area contributed by atoms with E-state index in [1.54, 1.807) is 17.0 Å². The van der Waals surface area contributed by atoms with E-state index in [0.29, 0.717) is 10.2 Å². The monoisotopic (exact) mass is 413 g/mol. The number of anilines is 1. The number of carbonyl (C=O) groups excluding carboxylic acids is 2. The molecule has 7 heteroatoms. The van der Waals surface area contributed by atoms with Crippen LogP contribution in [0.3, 0.4) is 0 Å². The predicted molar refractivity (Wildman–Crippen MR) is 114 cm³/mol. The van der Waals surface area contributed by atoms with Crippen LogP contribution in [-0.4, -0.2) is 33.2 Å². The molecular weight excluding hydrogens is 394 g/mol. The van der Waals surface area contributed by atoms with Crippen LogP contribution in [0.1, 0.15) is 24.8 Å². The summed E-state index contributed by atoms with van der Waals surface area (Å²) in [5, 5.41) is 3.73. The molecule has 2 aliphatic rings. The van der Waals surface area contributed by atoms with Crippen molar-refractivity contribution in [1.29, 1.82) is 0 Å². The molecule has 5 nitrogen and oxygen atoms in total.